The zero-order valence-electron chi connectivity index (χ0n) is 9.59. The van der Waals surface area contributed by atoms with Gasteiger partial charge in [0.25, 0.3) is 0 Å². The van der Waals surface area contributed by atoms with Crippen LogP contribution in [0.25, 0.3) is 0 Å². The Labute approximate surface area is 104 Å². The van der Waals surface area contributed by atoms with Crippen molar-refractivity contribution in [2.24, 2.45) is 0 Å². The Balaban J connectivity index is 2.35. The van der Waals surface area contributed by atoms with Crippen LogP contribution in [0.15, 0.2) is 48.5 Å². The topological polar surface area (TPSA) is 86.2 Å². The van der Waals surface area contributed by atoms with Gasteiger partial charge in [0.15, 0.2) is 0 Å². The molecule has 0 unspecified atom stereocenters. The summed E-state index contributed by atoms with van der Waals surface area (Å²) in [4.78, 5) is 23.9. The molecule has 90 valence electrons. The first kappa shape index (κ1) is 11.9. The van der Waals surface area contributed by atoms with Crippen molar-refractivity contribution in [3.8, 4) is 0 Å². The first-order chi connectivity index (χ1) is 8.58. The number of carbonyl (C=O) groups is 2. The molecule has 0 amide bonds. The van der Waals surface area contributed by atoms with Gasteiger partial charge in [0.1, 0.15) is 0 Å². The largest absolute Gasteiger partial charge is 0.399 e. The summed E-state index contributed by atoms with van der Waals surface area (Å²) in [6.07, 6.45) is 0. The van der Waals surface area contributed by atoms with Gasteiger partial charge < -0.3 is 11.5 Å². The van der Waals surface area contributed by atoms with Crippen molar-refractivity contribution in [3.05, 3.63) is 59.7 Å². The molecule has 0 aliphatic rings. The maximum atomic E-state index is 12.0. The highest BCUT2D eigenvalue weighted by Gasteiger charge is 2.18. The Morgan fingerprint density at radius 3 is 1.78 bits per heavy atom. The van der Waals surface area contributed by atoms with E-state index in [1.54, 1.807) is 30.3 Å². The van der Waals surface area contributed by atoms with Crippen molar-refractivity contribution in [2.45, 2.75) is 0 Å². The summed E-state index contributed by atoms with van der Waals surface area (Å²) in [5.74, 6) is -1.18. The lowest BCUT2D eigenvalue weighted by atomic mass is 10.0. The molecular formula is C14H12N2O2. The van der Waals surface area contributed by atoms with Crippen molar-refractivity contribution in [1.29, 1.82) is 0 Å². The van der Waals surface area contributed by atoms with Crippen LogP contribution < -0.4 is 11.5 Å². The van der Waals surface area contributed by atoms with E-state index >= 15 is 0 Å². The number of ketones is 2. The fourth-order valence-electron chi connectivity index (χ4n) is 1.66. The second-order valence-electron chi connectivity index (χ2n) is 3.91. The zero-order valence-corrected chi connectivity index (χ0v) is 9.59. The average molecular weight is 240 g/mol. The van der Waals surface area contributed by atoms with Crippen LogP contribution in [0.3, 0.4) is 0 Å². The van der Waals surface area contributed by atoms with E-state index in [9.17, 15) is 9.59 Å². The number of Topliss-reactive ketones (excluding diaryl/α,β-unsaturated/α-hetero) is 2. The van der Waals surface area contributed by atoms with Gasteiger partial charge >= 0.3 is 0 Å². The summed E-state index contributed by atoms with van der Waals surface area (Å²) < 4.78 is 0. The fourth-order valence-corrected chi connectivity index (χ4v) is 1.66. The number of hydrogen-bond donors (Lipinski definition) is 2. The lowest BCUT2D eigenvalue weighted by Gasteiger charge is -2.03. The summed E-state index contributed by atoms with van der Waals surface area (Å²) in [7, 11) is 0. The molecule has 0 spiro atoms. The molecule has 0 atom stereocenters. The molecule has 0 aliphatic heterocycles. The van der Waals surface area contributed by atoms with Gasteiger partial charge in [-0.3, -0.25) is 9.59 Å². The van der Waals surface area contributed by atoms with E-state index in [1.165, 1.54) is 18.2 Å². The van der Waals surface area contributed by atoms with Crippen LogP contribution >= 0.6 is 0 Å². The summed E-state index contributed by atoms with van der Waals surface area (Å²) in [5.41, 5.74) is 12.5. The normalized spacial score (nSPS) is 10.0. The summed E-state index contributed by atoms with van der Waals surface area (Å²) >= 11 is 0. The summed E-state index contributed by atoms with van der Waals surface area (Å²) in [6.45, 7) is 0. The molecule has 0 aromatic heterocycles. The first-order valence-corrected chi connectivity index (χ1v) is 5.38. The van der Waals surface area contributed by atoms with Crippen molar-refractivity contribution in [3.63, 3.8) is 0 Å². The lowest BCUT2D eigenvalue weighted by Crippen LogP contribution is -2.15. The third kappa shape index (κ3) is 2.38. The van der Waals surface area contributed by atoms with Gasteiger partial charge in [-0.1, -0.05) is 30.3 Å². The quantitative estimate of drug-likeness (QED) is 0.487. The highest BCUT2D eigenvalue weighted by Crippen LogP contribution is 2.16. The molecule has 0 fully saturated rings. The maximum absolute atomic E-state index is 12.0. The first-order valence-electron chi connectivity index (χ1n) is 5.38. The number of anilines is 2. The third-order valence-corrected chi connectivity index (χ3v) is 2.48. The van der Waals surface area contributed by atoms with Crippen molar-refractivity contribution in [2.75, 3.05) is 11.5 Å². The molecule has 2 rings (SSSR count). The maximum Gasteiger partial charge on any atom is 0.233 e. The molecule has 0 saturated heterocycles. The number of hydrogen-bond acceptors (Lipinski definition) is 4. The Bertz CT molecular complexity index is 586. The van der Waals surface area contributed by atoms with E-state index in [-0.39, 0.29) is 5.56 Å². The summed E-state index contributed by atoms with van der Waals surface area (Å²) in [6, 6.07) is 12.8. The predicted molar refractivity (Wildman–Crippen MR) is 70.4 cm³/mol. The Morgan fingerprint density at radius 1 is 0.722 bits per heavy atom. The second-order valence-corrected chi connectivity index (χ2v) is 3.91. The summed E-state index contributed by atoms with van der Waals surface area (Å²) in [5, 5.41) is 0. The molecule has 0 bridgehead atoms. The SMILES string of the molecule is Nc1cc(N)cc(C(=O)C(=O)c2ccccc2)c1. The van der Waals surface area contributed by atoms with Gasteiger partial charge in [0, 0.05) is 22.5 Å². The molecular weight excluding hydrogens is 228 g/mol. The van der Waals surface area contributed by atoms with E-state index in [4.69, 9.17) is 11.5 Å². The minimum Gasteiger partial charge on any atom is -0.399 e. The third-order valence-electron chi connectivity index (χ3n) is 2.48. The van der Waals surface area contributed by atoms with Gasteiger partial charge in [0.05, 0.1) is 0 Å². The van der Waals surface area contributed by atoms with Gasteiger partial charge in [-0.05, 0) is 18.2 Å². The van der Waals surface area contributed by atoms with Crippen LogP contribution in [0, 0.1) is 0 Å². The minimum atomic E-state index is -0.611. The highest BCUT2D eigenvalue weighted by atomic mass is 16.2. The van der Waals surface area contributed by atoms with Crippen molar-refractivity contribution in [1.82, 2.24) is 0 Å². The van der Waals surface area contributed by atoms with Crippen molar-refractivity contribution < 1.29 is 9.59 Å². The van der Waals surface area contributed by atoms with Gasteiger partial charge in [-0.25, -0.2) is 0 Å². The Morgan fingerprint density at radius 2 is 1.22 bits per heavy atom. The smallest absolute Gasteiger partial charge is 0.233 e. The Hall–Kier alpha value is -2.62. The van der Waals surface area contributed by atoms with E-state index < -0.39 is 11.6 Å². The molecule has 0 radical (unpaired) electrons. The number of nitrogens with two attached hydrogens (primary N) is 2. The minimum absolute atomic E-state index is 0.210. The van der Waals surface area contributed by atoms with Gasteiger partial charge in [-0.15, -0.1) is 0 Å². The molecule has 4 heteroatoms. The van der Waals surface area contributed by atoms with Crippen LogP contribution in [0.5, 0.6) is 0 Å². The average Bonchev–Trinajstić information content (AvgIpc) is 2.37. The van der Waals surface area contributed by atoms with E-state index in [1.807, 2.05) is 0 Å². The predicted octanol–water partition coefficient (Wildman–Crippen LogP) is 1.92. The molecule has 0 saturated carbocycles. The van der Waals surface area contributed by atoms with Crippen LogP contribution in [0.4, 0.5) is 11.4 Å². The van der Waals surface area contributed by atoms with Crippen molar-refractivity contribution >= 4 is 22.9 Å². The molecule has 18 heavy (non-hydrogen) atoms. The number of benzene rings is 2. The zero-order chi connectivity index (χ0) is 13.1. The van der Waals surface area contributed by atoms with Crippen LogP contribution in [0.2, 0.25) is 0 Å². The van der Waals surface area contributed by atoms with E-state index in [0.29, 0.717) is 16.9 Å². The van der Waals surface area contributed by atoms with Gasteiger partial charge in [0.2, 0.25) is 11.6 Å². The Kier molecular flexibility index (Phi) is 3.10. The highest BCUT2D eigenvalue weighted by molar-refractivity contribution is 6.49. The number of carbonyl (C=O) groups excluding carboxylic acids is 2. The molecule has 0 heterocycles. The van der Waals surface area contributed by atoms with Crippen LogP contribution in [-0.2, 0) is 0 Å². The van der Waals surface area contributed by atoms with Crippen LogP contribution in [0.1, 0.15) is 20.7 Å². The van der Waals surface area contributed by atoms with Gasteiger partial charge in [-0.2, -0.15) is 0 Å². The standard InChI is InChI=1S/C14H12N2O2/c15-11-6-10(7-12(16)8-11)14(18)13(17)9-4-2-1-3-5-9/h1-8H,15-16H2. The van der Waals surface area contributed by atoms with E-state index in [0.717, 1.165) is 0 Å². The molecule has 0 aliphatic carbocycles. The molecule has 2 aromatic rings. The second kappa shape index (κ2) is 4.71. The number of nitrogen functional groups attached to an aromatic ring is 2. The monoisotopic (exact) mass is 240 g/mol. The molecule has 4 nitrogen and oxygen atoms in total. The van der Waals surface area contributed by atoms with Crippen LogP contribution in [-0.4, -0.2) is 11.6 Å². The molecule has 2 aromatic carbocycles. The fraction of sp³-hybridized carbons (Fsp3) is 0. The lowest BCUT2D eigenvalue weighted by molar-refractivity contribution is 0.0817. The molecule has 4 N–H and O–H groups in total. The number of rotatable bonds is 3. The van der Waals surface area contributed by atoms with E-state index in [2.05, 4.69) is 0 Å².